The molecular weight excluding hydrogens is 234 g/mol. The Labute approximate surface area is 105 Å². The van der Waals surface area contributed by atoms with Crippen LogP contribution in [0.2, 0.25) is 0 Å². The second kappa shape index (κ2) is 6.51. The molecule has 0 amide bonds. The highest BCUT2D eigenvalue weighted by atomic mass is 16.6. The lowest BCUT2D eigenvalue weighted by Crippen LogP contribution is -1.89. The first-order valence-electron chi connectivity index (χ1n) is 5.34. The van der Waals surface area contributed by atoms with E-state index in [0.717, 1.165) is 5.56 Å². The Morgan fingerprint density at radius 2 is 1.83 bits per heavy atom. The van der Waals surface area contributed by atoms with Crippen molar-refractivity contribution in [2.75, 3.05) is 14.1 Å². The van der Waals surface area contributed by atoms with E-state index in [4.69, 9.17) is 4.42 Å². The number of aryl methyl sites for hydroxylation is 1. The first-order valence-corrected chi connectivity index (χ1v) is 5.34. The summed E-state index contributed by atoms with van der Waals surface area (Å²) in [5.74, 6) is 1.19. The maximum Gasteiger partial charge on any atom is 0.269 e. The minimum absolute atomic E-state index is 0.0648. The molecule has 0 bridgehead atoms. The molecule has 0 saturated heterocycles. The summed E-state index contributed by atoms with van der Waals surface area (Å²) in [7, 11) is 3.75. The summed E-state index contributed by atoms with van der Waals surface area (Å²) in [5, 5.41) is 13.2. The molecule has 0 aliphatic carbocycles. The lowest BCUT2D eigenvalue weighted by molar-refractivity contribution is -0.384. The summed E-state index contributed by atoms with van der Waals surface area (Å²) in [6, 6.07) is 6.15. The molecule has 0 unspecified atom stereocenters. The summed E-state index contributed by atoms with van der Waals surface area (Å²) in [5.41, 5.74) is 0.844. The van der Waals surface area contributed by atoms with Gasteiger partial charge in [-0.05, 0) is 26.2 Å². The lowest BCUT2D eigenvalue weighted by atomic mass is 10.2. The van der Waals surface area contributed by atoms with Gasteiger partial charge in [-0.1, -0.05) is 0 Å². The number of nitro groups is 1. The van der Waals surface area contributed by atoms with Gasteiger partial charge >= 0.3 is 0 Å². The van der Waals surface area contributed by atoms with Crippen molar-refractivity contribution in [3.63, 3.8) is 0 Å². The van der Waals surface area contributed by atoms with E-state index in [0.29, 0.717) is 11.7 Å². The van der Waals surface area contributed by atoms with Crippen LogP contribution >= 0.6 is 0 Å². The standard InChI is InChI=1S/C10H8N2O3.C2H7N/c1-7-11-6-10(15-7)8-2-4-9(5-3-8)12(13)14;1-3-2/h2-6H,1H3;3H,1-2H3. The molecule has 0 atom stereocenters. The van der Waals surface area contributed by atoms with Crippen LogP contribution < -0.4 is 5.32 Å². The molecular formula is C12H15N3O3. The predicted molar refractivity (Wildman–Crippen MR) is 68.3 cm³/mol. The Morgan fingerprint density at radius 1 is 1.28 bits per heavy atom. The highest BCUT2D eigenvalue weighted by Crippen LogP contribution is 2.22. The highest BCUT2D eigenvalue weighted by molar-refractivity contribution is 5.58. The Hall–Kier alpha value is -2.21. The molecule has 6 nitrogen and oxygen atoms in total. The Bertz CT molecular complexity index is 506. The van der Waals surface area contributed by atoms with Crippen LogP contribution in [0.4, 0.5) is 5.69 Å². The zero-order valence-electron chi connectivity index (χ0n) is 10.5. The average Bonchev–Trinajstić information content (AvgIpc) is 2.77. The number of nitrogens with zero attached hydrogens (tertiary/aromatic N) is 2. The average molecular weight is 249 g/mol. The van der Waals surface area contributed by atoms with Crippen molar-refractivity contribution in [1.82, 2.24) is 10.3 Å². The molecule has 0 fully saturated rings. The number of oxazole rings is 1. The predicted octanol–water partition coefficient (Wildman–Crippen LogP) is 2.39. The number of hydrogen-bond acceptors (Lipinski definition) is 5. The molecule has 1 heterocycles. The third-order valence-electron chi connectivity index (χ3n) is 1.98. The molecule has 96 valence electrons. The first-order chi connectivity index (χ1) is 8.58. The number of aromatic nitrogens is 1. The summed E-state index contributed by atoms with van der Waals surface area (Å²) in [4.78, 5) is 13.9. The van der Waals surface area contributed by atoms with E-state index in [-0.39, 0.29) is 5.69 Å². The maximum absolute atomic E-state index is 10.4. The van der Waals surface area contributed by atoms with Crippen LogP contribution in [0.5, 0.6) is 0 Å². The van der Waals surface area contributed by atoms with Crippen molar-refractivity contribution < 1.29 is 9.34 Å². The molecule has 2 rings (SSSR count). The minimum atomic E-state index is -0.435. The maximum atomic E-state index is 10.4. The lowest BCUT2D eigenvalue weighted by Gasteiger charge is -1.95. The molecule has 1 aromatic heterocycles. The van der Waals surface area contributed by atoms with E-state index in [2.05, 4.69) is 10.3 Å². The molecule has 1 N–H and O–H groups in total. The monoisotopic (exact) mass is 249 g/mol. The quantitative estimate of drug-likeness (QED) is 0.652. The highest BCUT2D eigenvalue weighted by Gasteiger charge is 2.07. The van der Waals surface area contributed by atoms with Crippen molar-refractivity contribution in [1.29, 1.82) is 0 Å². The van der Waals surface area contributed by atoms with Gasteiger partial charge in [-0.25, -0.2) is 4.98 Å². The van der Waals surface area contributed by atoms with Gasteiger partial charge in [0, 0.05) is 24.6 Å². The summed E-state index contributed by atoms with van der Waals surface area (Å²) in [6.45, 7) is 1.74. The van der Waals surface area contributed by atoms with Gasteiger partial charge < -0.3 is 9.73 Å². The van der Waals surface area contributed by atoms with Crippen LogP contribution in [0, 0.1) is 17.0 Å². The number of nitrogens with one attached hydrogen (secondary N) is 1. The van der Waals surface area contributed by atoms with Crippen molar-refractivity contribution in [2.45, 2.75) is 6.92 Å². The van der Waals surface area contributed by atoms with Gasteiger partial charge in [-0.15, -0.1) is 0 Å². The largest absolute Gasteiger partial charge is 0.441 e. The third-order valence-corrected chi connectivity index (χ3v) is 1.98. The fourth-order valence-electron chi connectivity index (χ4n) is 1.24. The number of nitro benzene ring substituents is 1. The van der Waals surface area contributed by atoms with E-state index in [9.17, 15) is 10.1 Å². The minimum Gasteiger partial charge on any atom is -0.441 e. The molecule has 1 aromatic carbocycles. The number of benzene rings is 1. The number of rotatable bonds is 2. The summed E-state index contributed by atoms with van der Waals surface area (Å²) >= 11 is 0. The van der Waals surface area contributed by atoms with Crippen LogP contribution in [-0.2, 0) is 0 Å². The second-order valence-corrected chi connectivity index (χ2v) is 3.55. The molecule has 0 aliphatic rings. The molecule has 0 spiro atoms. The Morgan fingerprint density at radius 3 is 2.22 bits per heavy atom. The van der Waals surface area contributed by atoms with Crippen LogP contribution in [0.15, 0.2) is 34.9 Å². The third kappa shape index (κ3) is 3.67. The Kier molecular flexibility index (Phi) is 5.01. The van der Waals surface area contributed by atoms with E-state index in [1.165, 1.54) is 12.1 Å². The van der Waals surface area contributed by atoms with Crippen molar-refractivity contribution in [3.8, 4) is 11.3 Å². The number of non-ortho nitro benzene ring substituents is 1. The van der Waals surface area contributed by atoms with E-state index in [1.807, 2.05) is 14.1 Å². The Balaban J connectivity index is 0.000000492. The van der Waals surface area contributed by atoms with Gasteiger partial charge in [0.05, 0.1) is 11.1 Å². The SMILES string of the molecule is CNC.Cc1ncc(-c2ccc([N+](=O)[O-])cc2)o1. The molecule has 18 heavy (non-hydrogen) atoms. The molecule has 6 heteroatoms. The molecule has 0 aliphatic heterocycles. The van der Waals surface area contributed by atoms with Gasteiger partial charge in [0.2, 0.25) is 0 Å². The van der Waals surface area contributed by atoms with Crippen molar-refractivity contribution >= 4 is 5.69 Å². The van der Waals surface area contributed by atoms with Gasteiger partial charge in [0.25, 0.3) is 5.69 Å². The first kappa shape index (κ1) is 13.9. The van der Waals surface area contributed by atoms with Crippen LogP contribution in [-0.4, -0.2) is 24.0 Å². The van der Waals surface area contributed by atoms with Gasteiger partial charge in [0.1, 0.15) is 0 Å². The summed E-state index contributed by atoms with van der Waals surface area (Å²) in [6.07, 6.45) is 1.59. The second-order valence-electron chi connectivity index (χ2n) is 3.55. The topological polar surface area (TPSA) is 81.2 Å². The fraction of sp³-hybridized carbons (Fsp3) is 0.250. The van der Waals surface area contributed by atoms with Crippen LogP contribution in [0.3, 0.4) is 0 Å². The van der Waals surface area contributed by atoms with Crippen LogP contribution in [0.1, 0.15) is 5.89 Å². The van der Waals surface area contributed by atoms with E-state index >= 15 is 0 Å². The van der Waals surface area contributed by atoms with Gasteiger partial charge in [-0.3, -0.25) is 10.1 Å². The molecule has 2 aromatic rings. The van der Waals surface area contributed by atoms with Crippen LogP contribution in [0.25, 0.3) is 11.3 Å². The zero-order valence-corrected chi connectivity index (χ0v) is 10.5. The molecule has 0 saturated carbocycles. The zero-order chi connectivity index (χ0) is 13.5. The normalized spacial score (nSPS) is 9.50. The van der Waals surface area contributed by atoms with Crippen molar-refractivity contribution in [2.24, 2.45) is 0 Å². The van der Waals surface area contributed by atoms with Crippen molar-refractivity contribution in [3.05, 3.63) is 46.5 Å². The smallest absolute Gasteiger partial charge is 0.269 e. The fourth-order valence-corrected chi connectivity index (χ4v) is 1.24. The van der Waals surface area contributed by atoms with Gasteiger partial charge in [-0.2, -0.15) is 0 Å². The van der Waals surface area contributed by atoms with Gasteiger partial charge in [0.15, 0.2) is 11.7 Å². The van der Waals surface area contributed by atoms with E-state index < -0.39 is 4.92 Å². The number of hydrogen-bond donors (Lipinski definition) is 1. The van der Waals surface area contributed by atoms with E-state index in [1.54, 1.807) is 25.3 Å². The summed E-state index contributed by atoms with van der Waals surface area (Å²) < 4.78 is 5.29. The molecule has 0 radical (unpaired) electrons.